The summed E-state index contributed by atoms with van der Waals surface area (Å²) in [5.74, 6) is 0.171. The fourth-order valence-corrected chi connectivity index (χ4v) is 2.71. The predicted molar refractivity (Wildman–Crippen MR) is 101 cm³/mol. The van der Waals surface area contributed by atoms with Gasteiger partial charge in [-0.3, -0.25) is 9.59 Å². The summed E-state index contributed by atoms with van der Waals surface area (Å²) in [5.41, 5.74) is 2.88. The number of nitrogens with one attached hydrogen (secondary N) is 1. The minimum Gasteiger partial charge on any atom is -0.495 e. The summed E-state index contributed by atoms with van der Waals surface area (Å²) in [4.78, 5) is 24.4. The molecule has 0 aliphatic carbocycles. The van der Waals surface area contributed by atoms with Gasteiger partial charge in [0.25, 0.3) is 5.91 Å². The average molecular weight is 395 g/mol. The molecule has 0 saturated heterocycles. The number of carbonyl (C=O) groups is 2. The Morgan fingerprint density at radius 3 is 2.59 bits per heavy atom. The van der Waals surface area contributed by atoms with Crippen LogP contribution in [0.2, 0.25) is 5.02 Å². The maximum absolute atomic E-state index is 12.4. The highest BCUT2D eigenvalue weighted by molar-refractivity contribution is 6.31. The van der Waals surface area contributed by atoms with Gasteiger partial charge in [-0.05, 0) is 45.7 Å². The molecule has 7 nitrogen and oxygen atoms in total. The van der Waals surface area contributed by atoms with Crippen molar-refractivity contribution in [1.29, 1.82) is 0 Å². The standard InChI is InChI=1S/C19H23ClN2O5/c1-10-8-16(17(25-5)9-15(10)20)21-19(24)13(4)26-18(23)7-6-14-11(2)22-27-12(14)3/h8-9,13H,6-7H2,1-5H3,(H,21,24)/t13-/m0/s1. The third kappa shape index (κ3) is 5.23. The largest absolute Gasteiger partial charge is 0.495 e. The maximum Gasteiger partial charge on any atom is 0.306 e. The zero-order chi connectivity index (χ0) is 20.1. The van der Waals surface area contributed by atoms with Crippen LogP contribution in [0.15, 0.2) is 16.7 Å². The molecule has 2 rings (SSSR count). The molecule has 1 heterocycles. The van der Waals surface area contributed by atoms with Gasteiger partial charge in [0.05, 0.1) is 18.5 Å². The van der Waals surface area contributed by atoms with Gasteiger partial charge in [-0.25, -0.2) is 0 Å². The fourth-order valence-electron chi connectivity index (χ4n) is 2.56. The van der Waals surface area contributed by atoms with Gasteiger partial charge in [0, 0.05) is 23.1 Å². The second-order valence-electron chi connectivity index (χ2n) is 6.23. The molecule has 0 aliphatic heterocycles. The molecule has 0 bridgehead atoms. The number of hydrogen-bond donors (Lipinski definition) is 1. The van der Waals surface area contributed by atoms with E-state index in [1.165, 1.54) is 14.0 Å². The molecule has 0 spiro atoms. The fraction of sp³-hybridized carbons (Fsp3) is 0.421. The van der Waals surface area contributed by atoms with E-state index < -0.39 is 18.0 Å². The van der Waals surface area contributed by atoms with Crippen LogP contribution in [0.3, 0.4) is 0 Å². The normalized spacial score (nSPS) is 11.8. The molecule has 146 valence electrons. The first-order valence-electron chi connectivity index (χ1n) is 8.49. The Labute approximate surface area is 163 Å². The molecule has 0 fully saturated rings. The topological polar surface area (TPSA) is 90.7 Å². The lowest BCUT2D eigenvalue weighted by Crippen LogP contribution is -2.30. The van der Waals surface area contributed by atoms with Gasteiger partial charge >= 0.3 is 5.97 Å². The van der Waals surface area contributed by atoms with E-state index in [0.29, 0.717) is 28.6 Å². The number of amides is 1. The minimum absolute atomic E-state index is 0.129. The summed E-state index contributed by atoms with van der Waals surface area (Å²) in [6.07, 6.45) is -0.384. The number of aromatic nitrogens is 1. The Kier molecular flexibility index (Phi) is 6.85. The molecule has 1 aromatic heterocycles. The van der Waals surface area contributed by atoms with E-state index in [1.54, 1.807) is 19.1 Å². The average Bonchev–Trinajstić information content (AvgIpc) is 2.94. The Balaban J connectivity index is 1.93. The number of hydrogen-bond acceptors (Lipinski definition) is 6. The molecule has 0 saturated carbocycles. The van der Waals surface area contributed by atoms with Gasteiger partial charge in [0.1, 0.15) is 11.5 Å². The predicted octanol–water partition coefficient (Wildman–Crippen LogP) is 3.76. The van der Waals surface area contributed by atoms with Crippen LogP contribution in [-0.4, -0.2) is 30.2 Å². The SMILES string of the molecule is COc1cc(Cl)c(C)cc1NC(=O)[C@H](C)OC(=O)CCc1c(C)noc1C. The molecule has 1 aromatic carbocycles. The third-order valence-electron chi connectivity index (χ3n) is 4.18. The summed E-state index contributed by atoms with van der Waals surface area (Å²) in [6.45, 7) is 6.93. The number of anilines is 1. The Hall–Kier alpha value is -2.54. The molecule has 1 atom stereocenters. The number of aryl methyl sites for hydroxylation is 3. The van der Waals surface area contributed by atoms with E-state index in [9.17, 15) is 9.59 Å². The van der Waals surface area contributed by atoms with Gasteiger partial charge in [0.2, 0.25) is 0 Å². The van der Waals surface area contributed by atoms with Crippen LogP contribution in [0.25, 0.3) is 0 Å². The number of ether oxygens (including phenoxy) is 2. The van der Waals surface area contributed by atoms with E-state index >= 15 is 0 Å². The first-order chi connectivity index (χ1) is 12.7. The summed E-state index contributed by atoms with van der Waals surface area (Å²) in [5, 5.41) is 7.08. The van der Waals surface area contributed by atoms with Gasteiger partial charge < -0.3 is 19.3 Å². The van der Waals surface area contributed by atoms with Crippen LogP contribution >= 0.6 is 11.6 Å². The van der Waals surface area contributed by atoms with E-state index in [1.807, 2.05) is 13.8 Å². The molecule has 1 amide bonds. The third-order valence-corrected chi connectivity index (χ3v) is 4.58. The summed E-state index contributed by atoms with van der Waals surface area (Å²) < 4.78 is 15.5. The lowest BCUT2D eigenvalue weighted by atomic mass is 10.1. The quantitative estimate of drug-likeness (QED) is 0.719. The highest BCUT2D eigenvalue weighted by atomic mass is 35.5. The number of esters is 1. The number of nitrogens with zero attached hydrogens (tertiary/aromatic N) is 1. The molecule has 0 aliphatic rings. The van der Waals surface area contributed by atoms with E-state index in [-0.39, 0.29) is 6.42 Å². The minimum atomic E-state index is -0.956. The second kappa shape index (κ2) is 8.90. The number of rotatable bonds is 7. The van der Waals surface area contributed by atoms with Crippen molar-refractivity contribution in [3.63, 3.8) is 0 Å². The van der Waals surface area contributed by atoms with Crippen molar-refractivity contribution >= 4 is 29.2 Å². The number of halogens is 1. The zero-order valence-corrected chi connectivity index (χ0v) is 16.8. The van der Waals surface area contributed by atoms with Crippen LogP contribution in [0.5, 0.6) is 5.75 Å². The van der Waals surface area contributed by atoms with Crippen LogP contribution < -0.4 is 10.1 Å². The molecule has 2 aromatic rings. The van der Waals surface area contributed by atoms with Gasteiger partial charge in [-0.2, -0.15) is 0 Å². The van der Waals surface area contributed by atoms with Gasteiger partial charge in [0.15, 0.2) is 6.10 Å². The lowest BCUT2D eigenvalue weighted by molar-refractivity contribution is -0.153. The highest BCUT2D eigenvalue weighted by Crippen LogP contribution is 2.31. The molecule has 1 N–H and O–H groups in total. The molecule has 8 heteroatoms. The smallest absolute Gasteiger partial charge is 0.306 e. The summed E-state index contributed by atoms with van der Waals surface area (Å²) in [7, 11) is 1.48. The van der Waals surface area contributed by atoms with Crippen LogP contribution in [0.4, 0.5) is 5.69 Å². The maximum atomic E-state index is 12.4. The molecule has 0 unspecified atom stereocenters. The van der Waals surface area contributed by atoms with Crippen LogP contribution in [0, 0.1) is 20.8 Å². The Morgan fingerprint density at radius 2 is 2.00 bits per heavy atom. The molecule has 27 heavy (non-hydrogen) atoms. The van der Waals surface area contributed by atoms with Crippen molar-refractivity contribution in [2.45, 2.75) is 46.6 Å². The van der Waals surface area contributed by atoms with Crippen molar-refractivity contribution in [3.8, 4) is 5.75 Å². The van der Waals surface area contributed by atoms with Crippen molar-refractivity contribution in [1.82, 2.24) is 5.16 Å². The van der Waals surface area contributed by atoms with Gasteiger partial charge in [-0.15, -0.1) is 0 Å². The molecule has 0 radical (unpaired) electrons. The van der Waals surface area contributed by atoms with E-state index in [4.69, 9.17) is 25.6 Å². The van der Waals surface area contributed by atoms with Gasteiger partial charge in [-0.1, -0.05) is 16.8 Å². The van der Waals surface area contributed by atoms with Crippen molar-refractivity contribution in [2.75, 3.05) is 12.4 Å². The Bertz CT molecular complexity index is 827. The number of benzene rings is 1. The molecular formula is C19H23ClN2O5. The number of methoxy groups -OCH3 is 1. The van der Waals surface area contributed by atoms with Crippen molar-refractivity contribution in [3.05, 3.63) is 39.7 Å². The van der Waals surface area contributed by atoms with Crippen molar-refractivity contribution < 1.29 is 23.6 Å². The number of carbonyl (C=O) groups excluding carboxylic acids is 2. The highest BCUT2D eigenvalue weighted by Gasteiger charge is 2.20. The van der Waals surface area contributed by atoms with E-state index in [2.05, 4.69) is 10.5 Å². The monoisotopic (exact) mass is 394 g/mol. The first kappa shape index (κ1) is 20.8. The van der Waals surface area contributed by atoms with Crippen LogP contribution in [0.1, 0.15) is 35.9 Å². The molecular weight excluding hydrogens is 372 g/mol. The van der Waals surface area contributed by atoms with Crippen molar-refractivity contribution in [2.24, 2.45) is 0 Å². The summed E-state index contributed by atoms with van der Waals surface area (Å²) >= 11 is 6.06. The zero-order valence-electron chi connectivity index (χ0n) is 16.0. The Morgan fingerprint density at radius 1 is 1.30 bits per heavy atom. The lowest BCUT2D eigenvalue weighted by Gasteiger charge is -2.16. The van der Waals surface area contributed by atoms with Crippen LogP contribution in [-0.2, 0) is 20.7 Å². The first-order valence-corrected chi connectivity index (χ1v) is 8.87. The second-order valence-corrected chi connectivity index (χ2v) is 6.63. The van der Waals surface area contributed by atoms with E-state index in [0.717, 1.165) is 16.8 Å². The summed E-state index contributed by atoms with van der Waals surface area (Å²) in [6, 6.07) is 3.32.